The maximum atomic E-state index is 15.4. The molecule has 360 valence electrons. The Morgan fingerprint density at radius 3 is 2.31 bits per heavy atom. The van der Waals surface area contributed by atoms with Crippen molar-refractivity contribution < 1.29 is 46.2 Å². The van der Waals surface area contributed by atoms with Gasteiger partial charge in [0.2, 0.25) is 5.91 Å². The number of pyridine rings is 1. The quantitative estimate of drug-likeness (QED) is 0.0717. The van der Waals surface area contributed by atoms with E-state index in [9.17, 15) is 27.6 Å². The number of carbonyl (C=O) groups excluding carboxylic acids is 4. The Bertz CT molecular complexity index is 2710. The van der Waals surface area contributed by atoms with Crippen molar-refractivity contribution in [3.05, 3.63) is 94.9 Å². The molecule has 5 heterocycles. The third-order valence-electron chi connectivity index (χ3n) is 12.9. The predicted octanol–water partition coefficient (Wildman–Crippen LogP) is 5.54. The number of piperidine rings is 1. The second-order valence-corrected chi connectivity index (χ2v) is 19.5. The second kappa shape index (κ2) is 20.2. The molecule has 3 aromatic carbocycles. The monoisotopic (exact) mass is 953 g/mol. The normalized spacial score (nSPS) is 17.5. The summed E-state index contributed by atoms with van der Waals surface area (Å²) in [6.45, 7) is 7.59. The molecule has 1 atom stereocenters. The van der Waals surface area contributed by atoms with E-state index in [1.807, 2.05) is 24.0 Å². The van der Waals surface area contributed by atoms with Crippen molar-refractivity contribution in [3.63, 3.8) is 0 Å². The van der Waals surface area contributed by atoms with Crippen LogP contribution in [0.1, 0.15) is 70.5 Å². The van der Waals surface area contributed by atoms with Gasteiger partial charge < -0.3 is 29.3 Å². The van der Waals surface area contributed by atoms with Gasteiger partial charge in [0.25, 0.3) is 11.8 Å². The third kappa shape index (κ3) is 10.2. The molecule has 1 unspecified atom stereocenters. The van der Waals surface area contributed by atoms with Crippen molar-refractivity contribution in [1.29, 1.82) is 5.41 Å². The molecule has 68 heavy (non-hydrogen) atoms. The maximum Gasteiger partial charge on any atom is 0.329 e. The number of piperazine rings is 1. The molecule has 5 amide bonds. The molecule has 18 nitrogen and oxygen atoms in total. The molecule has 1 aromatic heterocycles. The lowest BCUT2D eigenvalue weighted by Gasteiger charge is -2.38. The number of imide groups is 2. The Morgan fingerprint density at radius 2 is 1.65 bits per heavy atom. The molecule has 20 heteroatoms. The zero-order valence-corrected chi connectivity index (χ0v) is 39.4. The van der Waals surface area contributed by atoms with Crippen LogP contribution in [0.3, 0.4) is 0 Å². The molecule has 0 bridgehead atoms. The van der Waals surface area contributed by atoms with Crippen LogP contribution in [0.5, 0.6) is 23.0 Å². The minimum Gasteiger partial charge on any atom is -0.493 e. The highest BCUT2D eigenvalue weighted by Crippen LogP contribution is 2.39. The van der Waals surface area contributed by atoms with Crippen LogP contribution in [0.4, 0.5) is 26.4 Å². The van der Waals surface area contributed by atoms with Crippen LogP contribution >= 0.6 is 0 Å². The molecule has 0 aliphatic carbocycles. The van der Waals surface area contributed by atoms with E-state index in [-0.39, 0.29) is 41.2 Å². The zero-order valence-electron chi connectivity index (χ0n) is 38.5. The Balaban J connectivity index is 0.829. The number of carbonyl (C=O) groups is 4. The predicted molar refractivity (Wildman–Crippen MR) is 254 cm³/mol. The first-order chi connectivity index (χ1) is 32.7. The van der Waals surface area contributed by atoms with Gasteiger partial charge in [-0.05, 0) is 92.7 Å². The smallest absolute Gasteiger partial charge is 0.329 e. The number of urea groups is 1. The van der Waals surface area contributed by atoms with Gasteiger partial charge >= 0.3 is 6.03 Å². The molecule has 3 N–H and O–H groups in total. The van der Waals surface area contributed by atoms with E-state index in [1.54, 1.807) is 37.4 Å². The van der Waals surface area contributed by atoms with Crippen molar-refractivity contribution in [1.82, 2.24) is 25.0 Å². The van der Waals surface area contributed by atoms with E-state index < -0.39 is 51.2 Å². The fraction of sp³-hybridized carbons (Fsp3) is 0.417. The van der Waals surface area contributed by atoms with Gasteiger partial charge in [0.1, 0.15) is 27.2 Å². The highest BCUT2D eigenvalue weighted by Gasteiger charge is 2.45. The number of nitrogens with one attached hydrogen (secondary N) is 3. The molecule has 4 aliphatic heterocycles. The van der Waals surface area contributed by atoms with Crippen LogP contribution in [0.15, 0.2) is 66.9 Å². The van der Waals surface area contributed by atoms with Gasteiger partial charge in [-0.3, -0.25) is 39.8 Å². The highest BCUT2D eigenvalue weighted by atomic mass is 32.2. The summed E-state index contributed by atoms with van der Waals surface area (Å²) in [4.78, 5) is 65.7. The van der Waals surface area contributed by atoms with E-state index in [4.69, 9.17) is 19.6 Å². The lowest BCUT2D eigenvalue weighted by molar-refractivity contribution is -0.121. The maximum absolute atomic E-state index is 15.4. The summed E-state index contributed by atoms with van der Waals surface area (Å²) in [7, 11) is -0.535. The number of halogens is 1. The summed E-state index contributed by atoms with van der Waals surface area (Å²) in [5, 5.41) is 13.7. The minimum atomic E-state index is -3.66. The Kier molecular flexibility index (Phi) is 14.2. The van der Waals surface area contributed by atoms with Gasteiger partial charge in [0.15, 0.2) is 23.1 Å². The van der Waals surface area contributed by atoms with Gasteiger partial charge in [0, 0.05) is 94.7 Å². The third-order valence-corrected chi connectivity index (χ3v) is 13.9. The fourth-order valence-electron chi connectivity index (χ4n) is 9.32. The number of methoxy groups -OCH3 is 1. The average Bonchev–Trinajstić information content (AvgIpc) is 3.59. The second-order valence-electron chi connectivity index (χ2n) is 17.3. The van der Waals surface area contributed by atoms with Crippen LogP contribution in [0.25, 0.3) is 0 Å². The first-order valence-corrected chi connectivity index (χ1v) is 24.8. The van der Waals surface area contributed by atoms with Crippen LogP contribution in [-0.4, -0.2) is 143 Å². The van der Waals surface area contributed by atoms with Gasteiger partial charge in [-0.2, -0.15) is 0 Å². The van der Waals surface area contributed by atoms with E-state index in [1.165, 1.54) is 25.4 Å². The molecular weight excluding hydrogens is 898 g/mol. The number of fused-ring (bicyclic) bond motifs is 1. The Hall–Kier alpha value is -6.80. The fourth-order valence-corrected chi connectivity index (χ4v) is 10.2. The number of hydrogen-bond donors (Lipinski definition) is 3. The number of amidine groups is 1. The number of nitrogens with zero attached hydrogens (tertiary/aromatic N) is 6. The van der Waals surface area contributed by atoms with Crippen LogP contribution in [0, 0.1) is 17.1 Å². The highest BCUT2D eigenvalue weighted by molar-refractivity contribution is 7.90. The van der Waals surface area contributed by atoms with Crippen LogP contribution < -0.4 is 34.6 Å². The number of sulfone groups is 1. The van der Waals surface area contributed by atoms with Crippen molar-refractivity contribution in [2.75, 3.05) is 100 Å². The summed E-state index contributed by atoms with van der Waals surface area (Å²) in [6, 6.07) is 14.7. The van der Waals surface area contributed by atoms with Crippen molar-refractivity contribution >= 4 is 56.6 Å². The molecule has 3 saturated heterocycles. The first kappa shape index (κ1) is 47.7. The molecule has 3 fully saturated rings. The number of benzene rings is 3. The van der Waals surface area contributed by atoms with Gasteiger partial charge in [0.05, 0.1) is 36.6 Å². The first-order valence-electron chi connectivity index (χ1n) is 22.7. The van der Waals surface area contributed by atoms with Crippen molar-refractivity contribution in [3.8, 4) is 23.0 Å². The lowest BCUT2D eigenvalue weighted by atomic mass is 9.93. The minimum absolute atomic E-state index is 0.0225. The number of anilines is 3. The average molecular weight is 954 g/mol. The Labute approximate surface area is 394 Å². The molecule has 4 aromatic rings. The zero-order chi connectivity index (χ0) is 48.3. The van der Waals surface area contributed by atoms with Crippen molar-refractivity contribution in [2.24, 2.45) is 5.92 Å². The number of hydrogen-bond acceptors (Lipinski definition) is 15. The summed E-state index contributed by atoms with van der Waals surface area (Å²) in [5.74, 6) is -0.790. The number of rotatable bonds is 16. The Morgan fingerprint density at radius 1 is 0.912 bits per heavy atom. The van der Waals surface area contributed by atoms with Gasteiger partial charge in [-0.25, -0.2) is 22.6 Å². The molecule has 0 radical (unpaired) electrons. The largest absolute Gasteiger partial charge is 0.493 e. The summed E-state index contributed by atoms with van der Waals surface area (Å²) in [5.41, 5.74) is 2.39. The molecular formula is C48H56FN9O9S. The molecule has 8 rings (SSSR count). The summed E-state index contributed by atoms with van der Waals surface area (Å²) < 4.78 is 57.9. The van der Waals surface area contributed by atoms with E-state index >= 15 is 4.39 Å². The lowest BCUT2D eigenvalue weighted by Crippen LogP contribution is -2.52. The van der Waals surface area contributed by atoms with E-state index in [0.29, 0.717) is 59.9 Å². The van der Waals surface area contributed by atoms with Crippen LogP contribution in [-0.2, 0) is 14.6 Å². The van der Waals surface area contributed by atoms with E-state index in [0.717, 1.165) is 79.8 Å². The number of amides is 5. The number of aromatic nitrogens is 1. The SMILES string of the molecule is CCOc1cc(C(CS(C)(=O)=O)N2C(=O)c3ccnc(N4CCN(CCC5CCN(c6ccc(Oc7cc(NC)c(C(=N)N8CCC(=O)NC8=O)cc7F)cc6)CC5)CC4)c3C2=O)ccc1OC. The van der Waals surface area contributed by atoms with Crippen LogP contribution in [0.2, 0.25) is 0 Å². The number of ether oxygens (including phenoxy) is 3. The van der Waals surface area contributed by atoms with Gasteiger partial charge in [-0.1, -0.05) is 6.07 Å². The summed E-state index contributed by atoms with van der Waals surface area (Å²) in [6.07, 6.45) is 5.76. The molecule has 4 aliphatic rings. The standard InChI is InChI=1S/C48H56FN9O9S/c1-5-66-41-26-31(6-11-39(41)65-3)38(29-68(4,63)64)58-46(60)34-12-17-52-45(43(34)47(58)61)56-24-22-54(23-25-56)18-13-30-14-19-55(20-15-30)32-7-9-33(10-8-32)67-40-28-37(51-2)35(27-36(40)49)44(50)57-21-16-42(59)53-48(57)62/h6-12,17,26-28,30,38,50-51H,5,13-16,18-25,29H2,1-4H3,(H,53,59,62). The van der Waals surface area contributed by atoms with Gasteiger partial charge in [-0.15, -0.1) is 0 Å². The molecule has 0 saturated carbocycles. The van der Waals surface area contributed by atoms with E-state index in [2.05, 4.69) is 25.4 Å². The van der Waals surface area contributed by atoms with Crippen molar-refractivity contribution in [2.45, 2.75) is 38.6 Å². The molecule has 0 spiro atoms. The topological polar surface area (TPSA) is 207 Å². The summed E-state index contributed by atoms with van der Waals surface area (Å²) >= 11 is 0.